The Kier molecular flexibility index (Phi) is 4.50. The number of aryl methyl sites for hydroxylation is 2. The van der Waals surface area contributed by atoms with Gasteiger partial charge < -0.3 is 9.47 Å². The second kappa shape index (κ2) is 5.97. The molecule has 0 spiro atoms. The number of carbonyl (C=O) groups excluding carboxylic acids is 1. The summed E-state index contributed by atoms with van der Waals surface area (Å²) in [6, 6.07) is 5.40. The van der Waals surface area contributed by atoms with Crippen molar-refractivity contribution in [3.8, 4) is 11.5 Å². The van der Waals surface area contributed by atoms with Crippen molar-refractivity contribution in [1.82, 2.24) is 0 Å². The van der Waals surface area contributed by atoms with Gasteiger partial charge in [-0.25, -0.2) is 0 Å². The Labute approximate surface area is 130 Å². The van der Waals surface area contributed by atoms with Crippen LogP contribution in [0.2, 0.25) is 0 Å². The summed E-state index contributed by atoms with van der Waals surface area (Å²) in [5.41, 5.74) is 1.65. The molecule has 0 saturated heterocycles. The third kappa shape index (κ3) is 2.74. The van der Waals surface area contributed by atoms with Gasteiger partial charge in [-0.2, -0.15) is 0 Å². The standard InChI is InChI=1S/C15H15BrO3S/c1-8-5-13(20-9(8)2)15(17)14-11(16)6-10(18-3)7-12(14)19-4/h5-7H,1-4H3. The molecule has 0 bridgehead atoms. The van der Waals surface area contributed by atoms with Crippen LogP contribution in [-0.4, -0.2) is 20.0 Å². The summed E-state index contributed by atoms with van der Waals surface area (Å²) in [6.45, 7) is 4.01. The van der Waals surface area contributed by atoms with Crippen molar-refractivity contribution in [3.05, 3.63) is 43.6 Å². The molecule has 0 unspecified atom stereocenters. The predicted octanol–water partition coefficient (Wildman–Crippen LogP) is 4.38. The van der Waals surface area contributed by atoms with Gasteiger partial charge in [0, 0.05) is 15.4 Å². The Morgan fingerprint density at radius 3 is 2.35 bits per heavy atom. The van der Waals surface area contributed by atoms with Crippen molar-refractivity contribution in [1.29, 1.82) is 0 Å². The maximum Gasteiger partial charge on any atom is 0.207 e. The minimum atomic E-state index is -0.0439. The molecule has 1 heterocycles. The molecule has 1 aromatic heterocycles. The maximum atomic E-state index is 12.7. The fourth-order valence-corrected chi connectivity index (χ4v) is 3.45. The predicted molar refractivity (Wildman–Crippen MR) is 84.5 cm³/mol. The molecule has 20 heavy (non-hydrogen) atoms. The second-order valence-corrected chi connectivity index (χ2v) is 6.48. The van der Waals surface area contributed by atoms with E-state index >= 15 is 0 Å². The van der Waals surface area contributed by atoms with Gasteiger partial charge in [0.25, 0.3) is 0 Å². The number of halogens is 1. The average Bonchev–Trinajstić information content (AvgIpc) is 2.77. The Morgan fingerprint density at radius 1 is 1.15 bits per heavy atom. The number of thiophene rings is 1. The highest BCUT2D eigenvalue weighted by atomic mass is 79.9. The summed E-state index contributed by atoms with van der Waals surface area (Å²) in [6.07, 6.45) is 0. The van der Waals surface area contributed by atoms with E-state index in [1.54, 1.807) is 26.4 Å². The number of methoxy groups -OCH3 is 2. The van der Waals surface area contributed by atoms with Crippen LogP contribution in [0.1, 0.15) is 25.7 Å². The molecule has 1 aromatic carbocycles. The number of carbonyl (C=O) groups is 1. The zero-order chi connectivity index (χ0) is 14.9. The lowest BCUT2D eigenvalue weighted by Gasteiger charge is -2.11. The number of rotatable bonds is 4. The number of ketones is 1. The monoisotopic (exact) mass is 354 g/mol. The molecule has 106 valence electrons. The van der Waals surface area contributed by atoms with Gasteiger partial charge in [0.1, 0.15) is 11.5 Å². The zero-order valence-corrected chi connectivity index (χ0v) is 14.1. The van der Waals surface area contributed by atoms with E-state index < -0.39 is 0 Å². The molecule has 2 aromatic rings. The van der Waals surface area contributed by atoms with Gasteiger partial charge in [-0.15, -0.1) is 11.3 Å². The summed E-state index contributed by atoms with van der Waals surface area (Å²) >= 11 is 4.92. The van der Waals surface area contributed by atoms with Gasteiger partial charge in [-0.05, 0) is 47.5 Å². The van der Waals surface area contributed by atoms with Crippen LogP contribution in [0.15, 0.2) is 22.7 Å². The van der Waals surface area contributed by atoms with Crippen molar-refractivity contribution in [2.24, 2.45) is 0 Å². The molecule has 0 aliphatic heterocycles. The minimum absolute atomic E-state index is 0.0439. The third-order valence-corrected chi connectivity index (χ3v) is 4.88. The van der Waals surface area contributed by atoms with Crippen LogP contribution in [0, 0.1) is 13.8 Å². The first-order valence-electron chi connectivity index (χ1n) is 6.01. The molecule has 0 aliphatic carbocycles. The van der Waals surface area contributed by atoms with Crippen molar-refractivity contribution >= 4 is 33.0 Å². The van der Waals surface area contributed by atoms with Crippen LogP contribution < -0.4 is 9.47 Å². The number of hydrogen-bond donors (Lipinski definition) is 0. The summed E-state index contributed by atoms with van der Waals surface area (Å²) in [7, 11) is 3.12. The van der Waals surface area contributed by atoms with Crippen LogP contribution in [0.4, 0.5) is 0 Å². The van der Waals surface area contributed by atoms with Gasteiger partial charge in [0.15, 0.2) is 0 Å². The van der Waals surface area contributed by atoms with Crippen molar-refractivity contribution < 1.29 is 14.3 Å². The van der Waals surface area contributed by atoms with Gasteiger partial charge in [0.2, 0.25) is 5.78 Å². The Bertz CT molecular complexity index is 642. The van der Waals surface area contributed by atoms with Gasteiger partial charge in [-0.1, -0.05) is 0 Å². The summed E-state index contributed by atoms with van der Waals surface area (Å²) in [5, 5.41) is 0. The lowest BCUT2D eigenvalue weighted by atomic mass is 10.1. The number of hydrogen-bond acceptors (Lipinski definition) is 4. The van der Waals surface area contributed by atoms with Crippen molar-refractivity contribution in [3.63, 3.8) is 0 Å². The molecule has 0 amide bonds. The molecule has 2 rings (SSSR count). The quantitative estimate of drug-likeness (QED) is 0.764. The summed E-state index contributed by atoms with van der Waals surface area (Å²) in [4.78, 5) is 14.5. The smallest absolute Gasteiger partial charge is 0.207 e. The largest absolute Gasteiger partial charge is 0.497 e. The van der Waals surface area contributed by atoms with Gasteiger partial charge >= 0.3 is 0 Å². The minimum Gasteiger partial charge on any atom is -0.497 e. The van der Waals surface area contributed by atoms with E-state index in [2.05, 4.69) is 15.9 Å². The molecule has 3 nitrogen and oxygen atoms in total. The Hall–Kier alpha value is -1.33. The number of benzene rings is 1. The molecule has 0 aliphatic rings. The normalized spacial score (nSPS) is 10.4. The first kappa shape index (κ1) is 15.1. The molecular formula is C15H15BrO3S. The van der Waals surface area contributed by atoms with Gasteiger partial charge in [0.05, 0.1) is 24.7 Å². The topological polar surface area (TPSA) is 35.5 Å². The fourth-order valence-electron chi connectivity index (χ4n) is 1.87. The summed E-state index contributed by atoms with van der Waals surface area (Å²) < 4.78 is 11.2. The lowest BCUT2D eigenvalue weighted by molar-refractivity contribution is 0.103. The highest BCUT2D eigenvalue weighted by molar-refractivity contribution is 9.10. The SMILES string of the molecule is COc1cc(Br)c(C(=O)c2cc(C)c(C)s2)c(OC)c1. The first-order chi connectivity index (χ1) is 9.47. The van der Waals surface area contributed by atoms with E-state index in [4.69, 9.17) is 9.47 Å². The Balaban J connectivity index is 2.54. The molecule has 5 heteroatoms. The van der Waals surface area contributed by atoms with Crippen LogP contribution in [0.3, 0.4) is 0 Å². The van der Waals surface area contributed by atoms with Crippen LogP contribution in [0.5, 0.6) is 11.5 Å². The van der Waals surface area contributed by atoms with E-state index in [0.717, 1.165) is 10.4 Å². The van der Waals surface area contributed by atoms with E-state index in [9.17, 15) is 4.79 Å². The maximum absolute atomic E-state index is 12.7. The zero-order valence-electron chi connectivity index (χ0n) is 11.7. The van der Waals surface area contributed by atoms with E-state index in [-0.39, 0.29) is 5.78 Å². The van der Waals surface area contributed by atoms with Gasteiger partial charge in [-0.3, -0.25) is 4.79 Å². The van der Waals surface area contributed by atoms with Crippen LogP contribution >= 0.6 is 27.3 Å². The number of ether oxygens (including phenoxy) is 2. The highest BCUT2D eigenvalue weighted by Crippen LogP contribution is 2.35. The molecular weight excluding hydrogens is 340 g/mol. The summed E-state index contributed by atoms with van der Waals surface area (Å²) in [5.74, 6) is 1.10. The molecule has 0 radical (unpaired) electrons. The molecule has 0 fully saturated rings. The highest BCUT2D eigenvalue weighted by Gasteiger charge is 2.21. The first-order valence-corrected chi connectivity index (χ1v) is 7.62. The second-order valence-electron chi connectivity index (χ2n) is 4.37. The molecule has 0 saturated carbocycles. The average molecular weight is 355 g/mol. The molecule has 0 atom stereocenters. The van der Waals surface area contributed by atoms with E-state index in [0.29, 0.717) is 26.4 Å². The third-order valence-electron chi connectivity index (χ3n) is 3.10. The molecule has 0 N–H and O–H groups in total. The van der Waals surface area contributed by atoms with Crippen molar-refractivity contribution in [2.75, 3.05) is 14.2 Å². The fraction of sp³-hybridized carbons (Fsp3) is 0.267. The Morgan fingerprint density at radius 2 is 1.85 bits per heavy atom. The lowest BCUT2D eigenvalue weighted by Crippen LogP contribution is -2.04. The van der Waals surface area contributed by atoms with E-state index in [1.165, 1.54) is 11.3 Å². The van der Waals surface area contributed by atoms with Crippen molar-refractivity contribution in [2.45, 2.75) is 13.8 Å². The van der Waals surface area contributed by atoms with Crippen LogP contribution in [0.25, 0.3) is 0 Å². The van der Waals surface area contributed by atoms with E-state index in [1.807, 2.05) is 19.9 Å². The van der Waals surface area contributed by atoms with Crippen LogP contribution in [-0.2, 0) is 0 Å².